The van der Waals surface area contributed by atoms with Crippen LogP contribution < -0.4 is 4.74 Å². The van der Waals surface area contributed by atoms with Gasteiger partial charge >= 0.3 is 0 Å². The molecule has 0 aliphatic carbocycles. The molecule has 2 aromatic carbocycles. The molecular weight excluding hydrogens is 224 g/mol. The molecule has 1 aliphatic rings. The molecule has 0 spiro atoms. The molecule has 0 unspecified atom stereocenters. The lowest BCUT2D eigenvalue weighted by atomic mass is 10.1. The quantitative estimate of drug-likeness (QED) is 0.815. The maximum atomic E-state index is 5.93. The van der Waals surface area contributed by atoms with Crippen LogP contribution in [0.1, 0.15) is 19.3 Å². The van der Waals surface area contributed by atoms with E-state index in [1.807, 2.05) is 18.2 Å². The highest BCUT2D eigenvalue weighted by atomic mass is 16.5. The average molecular weight is 242 g/mol. The Hall–Kier alpha value is -1.54. The third kappa shape index (κ3) is 2.49. The summed E-state index contributed by atoms with van der Waals surface area (Å²) in [6.07, 6.45) is 3.82. The van der Waals surface area contributed by atoms with Crippen molar-refractivity contribution in [1.82, 2.24) is 0 Å². The third-order valence-corrected chi connectivity index (χ3v) is 3.45. The number of benzene rings is 2. The molecule has 1 heterocycles. The van der Waals surface area contributed by atoms with E-state index in [0.29, 0.717) is 6.61 Å². The summed E-state index contributed by atoms with van der Waals surface area (Å²) in [6, 6.07) is 14.5. The van der Waals surface area contributed by atoms with Crippen LogP contribution in [-0.4, -0.2) is 19.3 Å². The van der Waals surface area contributed by atoms with E-state index >= 15 is 0 Å². The standard InChI is InChI=1S/C16H18O2/c1-2-9-15-13(6-1)7-5-10-16(15)18-12-14-8-3-4-11-17-14/h1-2,5-7,9-10,14H,3-4,8,11-12H2/t14-/m1/s1. The van der Waals surface area contributed by atoms with Crippen molar-refractivity contribution in [2.75, 3.05) is 13.2 Å². The fraction of sp³-hybridized carbons (Fsp3) is 0.375. The van der Waals surface area contributed by atoms with Crippen molar-refractivity contribution >= 4 is 10.8 Å². The third-order valence-electron chi connectivity index (χ3n) is 3.45. The molecule has 1 atom stereocenters. The first kappa shape index (κ1) is 11.5. The first-order valence-electron chi connectivity index (χ1n) is 6.66. The summed E-state index contributed by atoms with van der Waals surface area (Å²) >= 11 is 0. The molecule has 3 rings (SSSR count). The highest BCUT2D eigenvalue weighted by Gasteiger charge is 2.14. The van der Waals surface area contributed by atoms with E-state index in [1.54, 1.807) is 0 Å². The van der Waals surface area contributed by atoms with Crippen LogP contribution in [0.4, 0.5) is 0 Å². The van der Waals surface area contributed by atoms with Crippen LogP contribution in [0, 0.1) is 0 Å². The summed E-state index contributed by atoms with van der Waals surface area (Å²) in [5.41, 5.74) is 0. The zero-order valence-electron chi connectivity index (χ0n) is 10.5. The van der Waals surface area contributed by atoms with Gasteiger partial charge in [0, 0.05) is 12.0 Å². The van der Waals surface area contributed by atoms with Crippen LogP contribution in [0.25, 0.3) is 10.8 Å². The second-order valence-corrected chi connectivity index (χ2v) is 4.78. The van der Waals surface area contributed by atoms with Crippen molar-refractivity contribution < 1.29 is 9.47 Å². The fourth-order valence-corrected chi connectivity index (χ4v) is 2.44. The summed E-state index contributed by atoms with van der Waals surface area (Å²) < 4.78 is 11.6. The van der Waals surface area contributed by atoms with Crippen molar-refractivity contribution in [2.45, 2.75) is 25.4 Å². The maximum Gasteiger partial charge on any atom is 0.127 e. The van der Waals surface area contributed by atoms with Gasteiger partial charge in [0.05, 0.1) is 6.10 Å². The number of rotatable bonds is 3. The zero-order valence-corrected chi connectivity index (χ0v) is 10.5. The smallest absolute Gasteiger partial charge is 0.127 e. The van der Waals surface area contributed by atoms with Crippen LogP contribution >= 0.6 is 0 Å². The van der Waals surface area contributed by atoms with Crippen LogP contribution in [0.5, 0.6) is 5.75 Å². The molecule has 2 heteroatoms. The number of fused-ring (bicyclic) bond motifs is 1. The van der Waals surface area contributed by atoms with E-state index in [0.717, 1.165) is 18.8 Å². The minimum Gasteiger partial charge on any atom is -0.490 e. The molecule has 0 bridgehead atoms. The Morgan fingerprint density at radius 3 is 2.83 bits per heavy atom. The molecule has 18 heavy (non-hydrogen) atoms. The Labute approximate surface area is 108 Å². The molecule has 0 saturated carbocycles. The second-order valence-electron chi connectivity index (χ2n) is 4.78. The van der Waals surface area contributed by atoms with Gasteiger partial charge < -0.3 is 9.47 Å². The molecule has 0 radical (unpaired) electrons. The van der Waals surface area contributed by atoms with Crippen molar-refractivity contribution in [2.24, 2.45) is 0 Å². The molecule has 94 valence electrons. The van der Waals surface area contributed by atoms with Gasteiger partial charge in [-0.1, -0.05) is 36.4 Å². The lowest BCUT2D eigenvalue weighted by molar-refractivity contribution is -0.0107. The summed E-state index contributed by atoms with van der Waals surface area (Å²) in [6.45, 7) is 1.54. The topological polar surface area (TPSA) is 18.5 Å². The molecule has 1 saturated heterocycles. The number of hydrogen-bond donors (Lipinski definition) is 0. The lowest BCUT2D eigenvalue weighted by Crippen LogP contribution is -2.25. The van der Waals surface area contributed by atoms with Crippen molar-refractivity contribution in [3.8, 4) is 5.75 Å². The first-order valence-corrected chi connectivity index (χ1v) is 6.66. The van der Waals surface area contributed by atoms with E-state index in [2.05, 4.69) is 24.3 Å². The van der Waals surface area contributed by atoms with E-state index in [4.69, 9.17) is 9.47 Å². The highest BCUT2D eigenvalue weighted by molar-refractivity contribution is 5.88. The molecule has 0 amide bonds. The molecular formula is C16H18O2. The minimum atomic E-state index is 0.262. The van der Waals surface area contributed by atoms with Gasteiger partial charge in [0.1, 0.15) is 12.4 Å². The van der Waals surface area contributed by atoms with Crippen LogP contribution in [0.2, 0.25) is 0 Å². The van der Waals surface area contributed by atoms with Gasteiger partial charge in [-0.3, -0.25) is 0 Å². The van der Waals surface area contributed by atoms with Crippen molar-refractivity contribution in [3.63, 3.8) is 0 Å². The Morgan fingerprint density at radius 2 is 1.94 bits per heavy atom. The monoisotopic (exact) mass is 242 g/mol. The van der Waals surface area contributed by atoms with E-state index in [-0.39, 0.29) is 6.10 Å². The van der Waals surface area contributed by atoms with Gasteiger partial charge in [-0.2, -0.15) is 0 Å². The van der Waals surface area contributed by atoms with Gasteiger partial charge in [-0.15, -0.1) is 0 Å². The highest BCUT2D eigenvalue weighted by Crippen LogP contribution is 2.25. The van der Waals surface area contributed by atoms with E-state index in [9.17, 15) is 0 Å². The fourth-order valence-electron chi connectivity index (χ4n) is 2.44. The van der Waals surface area contributed by atoms with Crippen molar-refractivity contribution in [3.05, 3.63) is 42.5 Å². The average Bonchev–Trinajstić information content (AvgIpc) is 2.46. The molecule has 2 aromatic rings. The largest absolute Gasteiger partial charge is 0.490 e. The van der Waals surface area contributed by atoms with Gasteiger partial charge in [0.2, 0.25) is 0 Å². The summed E-state index contributed by atoms with van der Waals surface area (Å²) in [5.74, 6) is 0.960. The Morgan fingerprint density at radius 1 is 1.06 bits per heavy atom. The first-order chi connectivity index (χ1) is 8.93. The van der Waals surface area contributed by atoms with Crippen LogP contribution in [0.3, 0.4) is 0 Å². The summed E-state index contributed by atoms with van der Waals surface area (Å²) in [4.78, 5) is 0. The van der Waals surface area contributed by atoms with Gasteiger partial charge in [-0.25, -0.2) is 0 Å². The lowest BCUT2D eigenvalue weighted by Gasteiger charge is -2.22. The van der Waals surface area contributed by atoms with Gasteiger partial charge in [-0.05, 0) is 30.7 Å². The minimum absolute atomic E-state index is 0.262. The van der Waals surface area contributed by atoms with Gasteiger partial charge in [0.15, 0.2) is 0 Å². The summed E-state index contributed by atoms with van der Waals surface area (Å²) in [7, 11) is 0. The molecule has 0 N–H and O–H groups in total. The second kappa shape index (κ2) is 5.40. The molecule has 0 aromatic heterocycles. The predicted molar refractivity (Wildman–Crippen MR) is 73.0 cm³/mol. The molecule has 2 nitrogen and oxygen atoms in total. The molecule has 1 fully saturated rings. The van der Waals surface area contributed by atoms with Gasteiger partial charge in [0.25, 0.3) is 0 Å². The number of ether oxygens (including phenoxy) is 2. The van der Waals surface area contributed by atoms with E-state index < -0.39 is 0 Å². The molecule has 1 aliphatic heterocycles. The Kier molecular flexibility index (Phi) is 3.47. The SMILES string of the molecule is c1ccc2c(OC[C@H]3CCCCO3)cccc2c1. The predicted octanol–water partition coefficient (Wildman–Crippen LogP) is 3.79. The number of hydrogen-bond acceptors (Lipinski definition) is 2. The maximum absolute atomic E-state index is 5.93. The van der Waals surface area contributed by atoms with Crippen molar-refractivity contribution in [1.29, 1.82) is 0 Å². The van der Waals surface area contributed by atoms with Crippen LogP contribution in [-0.2, 0) is 4.74 Å². The van der Waals surface area contributed by atoms with E-state index in [1.165, 1.54) is 23.6 Å². The zero-order chi connectivity index (χ0) is 12.2. The Balaban J connectivity index is 1.74. The summed E-state index contributed by atoms with van der Waals surface area (Å²) in [5, 5.41) is 2.40. The normalized spacial score (nSPS) is 19.9. The Bertz CT molecular complexity index is 510. The van der Waals surface area contributed by atoms with Crippen LogP contribution in [0.15, 0.2) is 42.5 Å².